The Bertz CT molecular complexity index is 769. The molecule has 6 heteroatoms. The Morgan fingerprint density at radius 2 is 2.10 bits per heavy atom. The number of thiophene rings is 1. The lowest BCUT2D eigenvalue weighted by molar-refractivity contribution is 0.613. The van der Waals surface area contributed by atoms with E-state index >= 15 is 0 Å². The Morgan fingerprint density at radius 3 is 2.90 bits per heavy atom. The van der Waals surface area contributed by atoms with Crippen molar-refractivity contribution in [1.29, 1.82) is 0 Å². The van der Waals surface area contributed by atoms with E-state index in [9.17, 15) is 4.39 Å². The maximum absolute atomic E-state index is 13.6. The first-order valence-electron chi connectivity index (χ1n) is 6.14. The molecule has 0 bridgehead atoms. The highest BCUT2D eigenvalue weighted by molar-refractivity contribution is 7.18. The molecule has 3 aromatic rings. The summed E-state index contributed by atoms with van der Waals surface area (Å²) in [6.45, 7) is 2.36. The van der Waals surface area contributed by atoms with Crippen molar-refractivity contribution >= 4 is 33.3 Å². The van der Waals surface area contributed by atoms with Gasteiger partial charge in [0, 0.05) is 17.0 Å². The van der Waals surface area contributed by atoms with Crippen LogP contribution in [0.4, 0.5) is 16.2 Å². The van der Waals surface area contributed by atoms with Crippen molar-refractivity contribution in [1.82, 2.24) is 9.97 Å². The highest BCUT2D eigenvalue weighted by atomic mass is 32.1. The van der Waals surface area contributed by atoms with Gasteiger partial charge in [0.05, 0.1) is 5.39 Å². The van der Waals surface area contributed by atoms with Crippen molar-refractivity contribution in [2.75, 3.05) is 11.1 Å². The van der Waals surface area contributed by atoms with Crippen LogP contribution >= 0.6 is 11.3 Å². The summed E-state index contributed by atoms with van der Waals surface area (Å²) >= 11 is 1.56. The average molecular weight is 288 g/mol. The number of aromatic nitrogens is 2. The van der Waals surface area contributed by atoms with Crippen LogP contribution in [0, 0.1) is 12.7 Å². The molecular formula is C14H13FN4S. The summed E-state index contributed by atoms with van der Waals surface area (Å²) in [5.74, 6) is 0.621. The van der Waals surface area contributed by atoms with Gasteiger partial charge < -0.3 is 11.1 Å². The number of aryl methyl sites for hydroxylation is 1. The number of nitrogens with zero attached hydrogens (tertiary/aromatic N) is 2. The normalized spacial score (nSPS) is 10.9. The molecule has 0 fully saturated rings. The molecule has 102 valence electrons. The van der Waals surface area contributed by atoms with Gasteiger partial charge in [0.1, 0.15) is 16.5 Å². The molecule has 1 aromatic carbocycles. The van der Waals surface area contributed by atoms with E-state index in [4.69, 9.17) is 5.73 Å². The first-order chi connectivity index (χ1) is 9.63. The zero-order valence-corrected chi connectivity index (χ0v) is 11.7. The van der Waals surface area contributed by atoms with Gasteiger partial charge in [-0.15, -0.1) is 11.3 Å². The zero-order valence-electron chi connectivity index (χ0n) is 10.9. The number of hydrogen-bond donors (Lipinski definition) is 2. The van der Waals surface area contributed by atoms with Crippen LogP contribution in [0.5, 0.6) is 0 Å². The van der Waals surface area contributed by atoms with Crippen molar-refractivity contribution in [2.45, 2.75) is 13.5 Å². The SMILES string of the molecule is Cc1cc2c(NCc3ccccc3F)nc(N)nc2s1. The number of rotatable bonds is 3. The van der Waals surface area contributed by atoms with Crippen LogP contribution < -0.4 is 11.1 Å². The Labute approximate surface area is 119 Å². The lowest BCUT2D eigenvalue weighted by Gasteiger charge is -2.08. The number of anilines is 2. The molecule has 0 amide bonds. The van der Waals surface area contributed by atoms with E-state index in [1.165, 1.54) is 6.07 Å². The van der Waals surface area contributed by atoms with Crippen LogP contribution in [-0.2, 0) is 6.54 Å². The van der Waals surface area contributed by atoms with Gasteiger partial charge >= 0.3 is 0 Å². The Balaban J connectivity index is 1.93. The third-order valence-electron chi connectivity index (χ3n) is 2.94. The lowest BCUT2D eigenvalue weighted by atomic mass is 10.2. The van der Waals surface area contributed by atoms with Crippen molar-refractivity contribution in [3.8, 4) is 0 Å². The Hall–Kier alpha value is -2.21. The highest BCUT2D eigenvalue weighted by Crippen LogP contribution is 2.29. The maximum Gasteiger partial charge on any atom is 0.223 e. The second-order valence-corrected chi connectivity index (χ2v) is 5.69. The van der Waals surface area contributed by atoms with E-state index in [0.29, 0.717) is 17.9 Å². The summed E-state index contributed by atoms with van der Waals surface area (Å²) in [7, 11) is 0. The summed E-state index contributed by atoms with van der Waals surface area (Å²) in [6.07, 6.45) is 0. The second kappa shape index (κ2) is 5.05. The fourth-order valence-corrected chi connectivity index (χ4v) is 2.90. The van der Waals surface area contributed by atoms with Crippen LogP contribution in [0.15, 0.2) is 30.3 Å². The molecule has 2 aromatic heterocycles. The monoisotopic (exact) mass is 288 g/mol. The minimum atomic E-state index is -0.236. The molecule has 0 unspecified atom stereocenters. The zero-order chi connectivity index (χ0) is 14.1. The van der Waals surface area contributed by atoms with Gasteiger partial charge in [-0.2, -0.15) is 4.98 Å². The third-order valence-corrected chi connectivity index (χ3v) is 3.88. The van der Waals surface area contributed by atoms with E-state index in [1.807, 2.05) is 13.0 Å². The molecule has 0 aliphatic rings. The van der Waals surface area contributed by atoms with E-state index in [-0.39, 0.29) is 11.8 Å². The first kappa shape index (κ1) is 12.8. The number of benzene rings is 1. The van der Waals surface area contributed by atoms with E-state index in [1.54, 1.807) is 29.5 Å². The number of hydrogen-bond acceptors (Lipinski definition) is 5. The smallest absolute Gasteiger partial charge is 0.223 e. The van der Waals surface area contributed by atoms with Gasteiger partial charge in [-0.3, -0.25) is 0 Å². The van der Waals surface area contributed by atoms with Gasteiger partial charge in [0.2, 0.25) is 5.95 Å². The maximum atomic E-state index is 13.6. The molecule has 3 N–H and O–H groups in total. The third kappa shape index (κ3) is 2.42. The molecule has 0 aliphatic heterocycles. The van der Waals surface area contributed by atoms with Crippen molar-refractivity contribution in [2.24, 2.45) is 0 Å². The van der Waals surface area contributed by atoms with E-state index < -0.39 is 0 Å². The van der Waals surface area contributed by atoms with Gasteiger partial charge in [-0.05, 0) is 19.1 Å². The predicted octanol–water partition coefficient (Wildman–Crippen LogP) is 3.33. The van der Waals surface area contributed by atoms with E-state index in [2.05, 4.69) is 15.3 Å². The van der Waals surface area contributed by atoms with Crippen LogP contribution in [0.2, 0.25) is 0 Å². The largest absolute Gasteiger partial charge is 0.368 e. The van der Waals surface area contributed by atoms with Gasteiger partial charge in [-0.25, -0.2) is 9.37 Å². The summed E-state index contributed by atoms with van der Waals surface area (Å²) in [4.78, 5) is 10.4. The van der Waals surface area contributed by atoms with Crippen molar-refractivity contribution < 1.29 is 4.39 Å². The van der Waals surface area contributed by atoms with E-state index in [0.717, 1.165) is 15.1 Å². The number of halogens is 1. The standard InChI is InChI=1S/C14H13FN4S/c1-8-6-10-12(18-14(16)19-13(10)20-8)17-7-9-4-2-3-5-11(9)15/h2-6H,7H2,1H3,(H3,16,17,18,19). The summed E-state index contributed by atoms with van der Waals surface area (Å²) in [5.41, 5.74) is 6.29. The molecule has 2 heterocycles. The highest BCUT2D eigenvalue weighted by Gasteiger charge is 2.09. The van der Waals surface area contributed by atoms with Crippen LogP contribution in [0.3, 0.4) is 0 Å². The molecule has 0 radical (unpaired) electrons. The predicted molar refractivity (Wildman–Crippen MR) is 80.3 cm³/mol. The molecule has 0 spiro atoms. The Kier molecular flexibility index (Phi) is 3.23. The average Bonchev–Trinajstić information content (AvgIpc) is 2.77. The van der Waals surface area contributed by atoms with Crippen LogP contribution in [-0.4, -0.2) is 9.97 Å². The Morgan fingerprint density at radius 1 is 1.30 bits per heavy atom. The number of nitrogen functional groups attached to an aromatic ring is 1. The molecule has 4 nitrogen and oxygen atoms in total. The van der Waals surface area contributed by atoms with Crippen molar-refractivity contribution in [3.05, 3.63) is 46.6 Å². The number of nitrogens with one attached hydrogen (secondary N) is 1. The fourth-order valence-electron chi connectivity index (χ4n) is 2.01. The molecular weight excluding hydrogens is 275 g/mol. The fraction of sp³-hybridized carbons (Fsp3) is 0.143. The summed E-state index contributed by atoms with van der Waals surface area (Å²) in [6, 6.07) is 8.66. The molecule has 0 saturated heterocycles. The molecule has 3 rings (SSSR count). The number of nitrogens with two attached hydrogens (primary N) is 1. The lowest BCUT2D eigenvalue weighted by Crippen LogP contribution is -2.05. The van der Waals surface area contributed by atoms with Crippen molar-refractivity contribution in [3.63, 3.8) is 0 Å². The first-order valence-corrected chi connectivity index (χ1v) is 6.96. The minimum absolute atomic E-state index is 0.218. The van der Waals surface area contributed by atoms with Crippen LogP contribution in [0.1, 0.15) is 10.4 Å². The van der Waals surface area contributed by atoms with Gasteiger partial charge in [0.25, 0.3) is 0 Å². The molecule has 0 atom stereocenters. The molecule has 20 heavy (non-hydrogen) atoms. The second-order valence-electron chi connectivity index (χ2n) is 4.45. The van der Waals surface area contributed by atoms with Gasteiger partial charge in [-0.1, -0.05) is 18.2 Å². The topological polar surface area (TPSA) is 63.8 Å². The minimum Gasteiger partial charge on any atom is -0.368 e. The summed E-state index contributed by atoms with van der Waals surface area (Å²) < 4.78 is 13.6. The number of fused-ring (bicyclic) bond motifs is 1. The summed E-state index contributed by atoms with van der Waals surface area (Å²) in [5, 5.41) is 4.05. The quantitative estimate of drug-likeness (QED) is 0.776. The molecule has 0 aliphatic carbocycles. The van der Waals surface area contributed by atoms with Gasteiger partial charge in [0.15, 0.2) is 0 Å². The van der Waals surface area contributed by atoms with Crippen LogP contribution in [0.25, 0.3) is 10.2 Å². The molecule has 0 saturated carbocycles.